The van der Waals surface area contributed by atoms with Crippen molar-refractivity contribution in [1.82, 2.24) is 25.2 Å². The van der Waals surface area contributed by atoms with Crippen LogP contribution in [0.25, 0.3) is 32.9 Å². The number of likely N-dealkylation sites (N-methyl/N-ethyl adjacent to an activating group) is 1. The normalized spacial score (nSPS) is 21.9. The van der Waals surface area contributed by atoms with Gasteiger partial charge in [-0.25, -0.2) is 9.37 Å². The van der Waals surface area contributed by atoms with Crippen molar-refractivity contribution in [2.24, 2.45) is 0 Å². The Bertz CT molecular complexity index is 1500. The summed E-state index contributed by atoms with van der Waals surface area (Å²) in [5.41, 5.74) is 1.24. The van der Waals surface area contributed by atoms with Crippen LogP contribution < -0.4 is 15.1 Å². The largest absolute Gasteiger partial charge is 0.353 e. The molecule has 7 rings (SSSR count). The molecule has 0 radical (unpaired) electrons. The van der Waals surface area contributed by atoms with Crippen LogP contribution in [0.2, 0.25) is 5.02 Å². The number of halogens is 2. The van der Waals surface area contributed by atoms with Gasteiger partial charge < -0.3 is 20.0 Å². The molecule has 2 aromatic carbocycles. The Kier molecular flexibility index (Phi) is 5.46. The predicted molar refractivity (Wildman–Crippen MR) is 147 cm³/mol. The fourth-order valence-corrected chi connectivity index (χ4v) is 6.29. The van der Waals surface area contributed by atoms with E-state index >= 15 is 4.39 Å². The number of nitrogens with zero attached hydrogens (tertiary/aromatic N) is 6. The predicted octanol–water partition coefficient (Wildman–Crippen LogP) is 4.33. The Morgan fingerprint density at radius 3 is 2.43 bits per heavy atom. The molecule has 5 heterocycles. The summed E-state index contributed by atoms with van der Waals surface area (Å²) in [6.45, 7) is 3.35. The van der Waals surface area contributed by atoms with Crippen molar-refractivity contribution in [1.29, 1.82) is 0 Å². The molecule has 2 bridgehead atoms. The lowest BCUT2D eigenvalue weighted by molar-refractivity contribution is 0.245. The fourth-order valence-electron chi connectivity index (χ4n) is 6.01. The molecule has 0 aliphatic carbocycles. The van der Waals surface area contributed by atoms with E-state index in [2.05, 4.69) is 39.1 Å². The summed E-state index contributed by atoms with van der Waals surface area (Å²) in [5, 5.41) is 6.65. The van der Waals surface area contributed by atoms with E-state index in [0.29, 0.717) is 45.6 Å². The second-order valence-electron chi connectivity index (χ2n) is 10.7. The van der Waals surface area contributed by atoms with Crippen LogP contribution in [0.5, 0.6) is 0 Å². The van der Waals surface area contributed by atoms with Gasteiger partial charge in [0.05, 0.1) is 5.39 Å². The molecular formula is C28H29ClFN7. The van der Waals surface area contributed by atoms with E-state index in [9.17, 15) is 0 Å². The lowest BCUT2D eigenvalue weighted by Gasteiger charge is -2.43. The van der Waals surface area contributed by atoms with Gasteiger partial charge in [-0.05, 0) is 38.4 Å². The molecule has 4 aromatic rings. The second kappa shape index (κ2) is 8.75. The van der Waals surface area contributed by atoms with Crippen LogP contribution in [0.3, 0.4) is 0 Å². The molecule has 0 spiro atoms. The van der Waals surface area contributed by atoms with E-state index in [4.69, 9.17) is 21.6 Å². The zero-order valence-corrected chi connectivity index (χ0v) is 21.7. The summed E-state index contributed by atoms with van der Waals surface area (Å²) >= 11 is 6.58. The number of rotatable bonds is 4. The minimum Gasteiger partial charge on any atom is -0.353 e. The Balaban J connectivity index is 1.40. The van der Waals surface area contributed by atoms with Crippen LogP contribution >= 0.6 is 11.6 Å². The zero-order chi connectivity index (χ0) is 25.3. The highest BCUT2D eigenvalue weighted by molar-refractivity contribution is 6.36. The molecule has 0 amide bonds. The molecular weight excluding hydrogens is 489 g/mol. The van der Waals surface area contributed by atoms with Gasteiger partial charge in [-0.3, -0.25) is 4.98 Å². The smallest absolute Gasteiger partial charge is 0.228 e. The standard InChI is InChI=1S/C28H29ClFN7/c1-35(2)19-14-37(15-19)28-33-26-21(27(34-28)36-12-17-9-10-18(13-36)32-17)11-31-25(24(26)30)20-7-3-5-16-6-4-8-22(29)23(16)20/h3-8,11,17-19,32H,9-10,12-15H2,1-2H3. The van der Waals surface area contributed by atoms with E-state index in [0.717, 1.165) is 55.6 Å². The molecule has 0 saturated carbocycles. The van der Waals surface area contributed by atoms with Crippen molar-refractivity contribution in [3.63, 3.8) is 0 Å². The topological polar surface area (TPSA) is 60.4 Å². The summed E-state index contributed by atoms with van der Waals surface area (Å²) < 4.78 is 16.4. The van der Waals surface area contributed by atoms with Gasteiger partial charge in [0.15, 0.2) is 5.82 Å². The SMILES string of the molecule is CN(C)C1CN(c2nc(N3CC4CCC(C3)N4)c3cnc(-c4cccc5cccc(Cl)c45)c(F)c3n2)C1. The van der Waals surface area contributed by atoms with Gasteiger partial charge in [0.25, 0.3) is 0 Å². The third-order valence-corrected chi connectivity index (χ3v) is 8.47. The number of hydrogen-bond acceptors (Lipinski definition) is 7. The maximum atomic E-state index is 16.4. The molecule has 3 fully saturated rings. The summed E-state index contributed by atoms with van der Waals surface area (Å²) in [6, 6.07) is 12.8. The molecule has 3 saturated heterocycles. The Labute approximate surface area is 220 Å². The van der Waals surface area contributed by atoms with Gasteiger partial charge in [-0.1, -0.05) is 41.9 Å². The maximum Gasteiger partial charge on any atom is 0.228 e. The number of fused-ring (bicyclic) bond motifs is 4. The van der Waals surface area contributed by atoms with E-state index < -0.39 is 5.82 Å². The van der Waals surface area contributed by atoms with Crippen LogP contribution in [-0.4, -0.2) is 78.3 Å². The monoisotopic (exact) mass is 517 g/mol. The van der Waals surface area contributed by atoms with Gasteiger partial charge in [0.2, 0.25) is 5.95 Å². The fraction of sp³-hybridized carbons (Fsp3) is 0.393. The van der Waals surface area contributed by atoms with Gasteiger partial charge in [-0.15, -0.1) is 0 Å². The first-order chi connectivity index (χ1) is 18.0. The maximum absolute atomic E-state index is 16.4. The highest BCUT2D eigenvalue weighted by atomic mass is 35.5. The zero-order valence-electron chi connectivity index (χ0n) is 21.0. The lowest BCUT2D eigenvalue weighted by atomic mass is 10.0. The van der Waals surface area contributed by atoms with Crippen molar-refractivity contribution >= 4 is 45.0 Å². The molecule has 1 N–H and O–H groups in total. The third-order valence-electron chi connectivity index (χ3n) is 8.15. The molecule has 2 aromatic heterocycles. The molecule has 7 nitrogen and oxygen atoms in total. The summed E-state index contributed by atoms with van der Waals surface area (Å²) in [4.78, 5) is 21.1. The van der Waals surface area contributed by atoms with Crippen LogP contribution in [-0.2, 0) is 0 Å². The minimum atomic E-state index is -0.433. The van der Waals surface area contributed by atoms with Gasteiger partial charge in [0.1, 0.15) is 17.0 Å². The van der Waals surface area contributed by atoms with Gasteiger partial charge >= 0.3 is 0 Å². The first kappa shape index (κ1) is 23.1. The van der Waals surface area contributed by atoms with Crippen molar-refractivity contribution in [3.8, 4) is 11.3 Å². The number of nitrogens with one attached hydrogen (secondary N) is 1. The Morgan fingerprint density at radius 2 is 1.70 bits per heavy atom. The number of aromatic nitrogens is 3. The van der Waals surface area contributed by atoms with Crippen molar-refractivity contribution in [2.45, 2.75) is 31.0 Å². The average Bonchev–Trinajstić information content (AvgIpc) is 3.20. The number of anilines is 2. The Hall–Kier alpha value is -3.07. The van der Waals surface area contributed by atoms with Crippen molar-refractivity contribution in [3.05, 3.63) is 53.4 Å². The van der Waals surface area contributed by atoms with E-state index in [1.807, 2.05) is 36.4 Å². The lowest BCUT2D eigenvalue weighted by Crippen LogP contribution is -2.58. The first-order valence-corrected chi connectivity index (χ1v) is 13.3. The first-order valence-electron chi connectivity index (χ1n) is 12.9. The molecule has 3 aliphatic rings. The second-order valence-corrected chi connectivity index (χ2v) is 11.1. The minimum absolute atomic E-state index is 0.261. The number of benzene rings is 2. The number of pyridine rings is 1. The van der Waals surface area contributed by atoms with E-state index in [-0.39, 0.29) is 5.69 Å². The van der Waals surface area contributed by atoms with Crippen LogP contribution in [0, 0.1) is 5.82 Å². The van der Waals surface area contributed by atoms with Crippen LogP contribution in [0.15, 0.2) is 42.6 Å². The summed E-state index contributed by atoms with van der Waals surface area (Å²) in [6.07, 6.45) is 4.06. The Morgan fingerprint density at radius 1 is 0.973 bits per heavy atom. The van der Waals surface area contributed by atoms with Gasteiger partial charge in [0, 0.05) is 66.5 Å². The summed E-state index contributed by atoms with van der Waals surface area (Å²) in [5.74, 6) is 0.927. The summed E-state index contributed by atoms with van der Waals surface area (Å²) in [7, 11) is 4.16. The molecule has 37 heavy (non-hydrogen) atoms. The number of hydrogen-bond donors (Lipinski definition) is 1. The molecule has 9 heteroatoms. The number of piperazine rings is 1. The van der Waals surface area contributed by atoms with E-state index in [1.165, 1.54) is 0 Å². The van der Waals surface area contributed by atoms with Crippen molar-refractivity contribution in [2.75, 3.05) is 50.1 Å². The molecule has 190 valence electrons. The highest BCUT2D eigenvalue weighted by Gasteiger charge is 2.36. The van der Waals surface area contributed by atoms with Crippen LogP contribution in [0.1, 0.15) is 12.8 Å². The van der Waals surface area contributed by atoms with Crippen LogP contribution in [0.4, 0.5) is 16.2 Å². The van der Waals surface area contributed by atoms with E-state index in [1.54, 1.807) is 6.20 Å². The molecule has 2 atom stereocenters. The average molecular weight is 518 g/mol. The quantitative estimate of drug-likeness (QED) is 0.432. The van der Waals surface area contributed by atoms with Crippen molar-refractivity contribution < 1.29 is 4.39 Å². The highest BCUT2D eigenvalue weighted by Crippen LogP contribution is 2.38. The van der Waals surface area contributed by atoms with Gasteiger partial charge in [-0.2, -0.15) is 4.98 Å². The molecule has 2 unspecified atom stereocenters. The third kappa shape index (κ3) is 3.81. The molecule has 3 aliphatic heterocycles.